The summed E-state index contributed by atoms with van der Waals surface area (Å²) >= 11 is 0. The van der Waals surface area contributed by atoms with E-state index in [1.54, 1.807) is 0 Å². The zero-order chi connectivity index (χ0) is 57.1. The Balaban J connectivity index is 4.28. The SMILES string of the molecule is CCCCCCC/C=C\C/C=C\C/C=C\CCCCCCCCCCCCCCC(=O)OCC(COC(=O)CCCCCCCCCCCCCCCCCC)OC(=O)CCCCCCCCC/C=C\CCCCCCCCC. The second-order valence-corrected chi connectivity index (χ2v) is 23.8. The molecule has 0 aliphatic rings. The number of hydrogen-bond acceptors (Lipinski definition) is 6. The molecule has 462 valence electrons. The van der Waals surface area contributed by atoms with Gasteiger partial charge in [0.15, 0.2) is 6.10 Å². The predicted octanol–water partition coefficient (Wildman–Crippen LogP) is 24.1. The number of allylic oxidation sites excluding steroid dienone is 8. The number of hydrogen-bond donors (Lipinski definition) is 0. The molecule has 0 aromatic carbocycles. The molecule has 0 radical (unpaired) electrons. The maximum absolute atomic E-state index is 12.9. The van der Waals surface area contributed by atoms with E-state index >= 15 is 0 Å². The zero-order valence-electron chi connectivity index (χ0n) is 53.2. The Morgan fingerprint density at radius 2 is 0.456 bits per heavy atom. The molecule has 6 nitrogen and oxygen atoms in total. The van der Waals surface area contributed by atoms with Crippen LogP contribution in [0.15, 0.2) is 48.6 Å². The Hall–Kier alpha value is -2.63. The number of rotatable bonds is 65. The van der Waals surface area contributed by atoms with Crippen molar-refractivity contribution in [1.82, 2.24) is 0 Å². The summed E-state index contributed by atoms with van der Waals surface area (Å²) in [7, 11) is 0. The number of ether oxygens (including phenoxy) is 3. The van der Waals surface area contributed by atoms with Crippen molar-refractivity contribution in [2.75, 3.05) is 13.2 Å². The van der Waals surface area contributed by atoms with Crippen LogP contribution in [0.1, 0.15) is 380 Å². The third-order valence-electron chi connectivity index (χ3n) is 15.8. The standard InChI is InChI=1S/C73H134O6/c1-4-7-10-13-16-19-22-25-28-31-33-34-35-36-37-38-39-40-41-43-45-48-51-54-57-60-63-66-72(75)78-69-70(68-77-71(74)65-62-59-56-53-50-47-44-30-27-24-21-18-15-12-9-6-3)79-73(76)67-64-61-58-55-52-49-46-42-32-29-26-23-20-17-14-11-8-5-2/h22,25,29,31-33,35-36,70H,4-21,23-24,26-28,30,34,37-69H2,1-3H3/b25-22-,32-29-,33-31-,36-35-. The highest BCUT2D eigenvalue weighted by Gasteiger charge is 2.19. The zero-order valence-corrected chi connectivity index (χ0v) is 53.2. The lowest BCUT2D eigenvalue weighted by Gasteiger charge is -2.18. The molecule has 79 heavy (non-hydrogen) atoms. The van der Waals surface area contributed by atoms with Crippen LogP contribution in [0.4, 0.5) is 0 Å². The third-order valence-corrected chi connectivity index (χ3v) is 15.8. The minimum absolute atomic E-state index is 0.0705. The van der Waals surface area contributed by atoms with Crippen molar-refractivity contribution in [3.05, 3.63) is 48.6 Å². The smallest absolute Gasteiger partial charge is 0.306 e. The Bertz CT molecular complexity index is 1360. The van der Waals surface area contributed by atoms with E-state index in [2.05, 4.69) is 69.4 Å². The molecule has 0 aliphatic carbocycles. The van der Waals surface area contributed by atoms with Gasteiger partial charge in [-0.25, -0.2) is 0 Å². The highest BCUT2D eigenvalue weighted by Crippen LogP contribution is 2.18. The maximum atomic E-state index is 12.9. The summed E-state index contributed by atoms with van der Waals surface area (Å²) in [5.74, 6) is -0.850. The van der Waals surface area contributed by atoms with Gasteiger partial charge in [-0.2, -0.15) is 0 Å². The van der Waals surface area contributed by atoms with Crippen molar-refractivity contribution >= 4 is 17.9 Å². The largest absolute Gasteiger partial charge is 0.462 e. The van der Waals surface area contributed by atoms with E-state index in [0.717, 1.165) is 70.6 Å². The van der Waals surface area contributed by atoms with Crippen molar-refractivity contribution in [2.24, 2.45) is 0 Å². The van der Waals surface area contributed by atoms with E-state index in [4.69, 9.17) is 14.2 Å². The van der Waals surface area contributed by atoms with Gasteiger partial charge in [0.05, 0.1) is 0 Å². The summed E-state index contributed by atoms with van der Waals surface area (Å²) in [5.41, 5.74) is 0. The first kappa shape index (κ1) is 76.4. The van der Waals surface area contributed by atoms with Crippen LogP contribution in [0.2, 0.25) is 0 Å². The van der Waals surface area contributed by atoms with Crippen molar-refractivity contribution in [3.8, 4) is 0 Å². The lowest BCUT2D eigenvalue weighted by atomic mass is 10.0. The molecule has 6 heteroatoms. The molecule has 0 heterocycles. The lowest BCUT2D eigenvalue weighted by Crippen LogP contribution is -2.30. The molecule has 0 aromatic heterocycles. The van der Waals surface area contributed by atoms with Gasteiger partial charge in [-0.05, 0) is 83.5 Å². The summed E-state index contributed by atoms with van der Waals surface area (Å²) in [6.45, 7) is 6.69. The van der Waals surface area contributed by atoms with Crippen LogP contribution in [-0.4, -0.2) is 37.2 Å². The van der Waals surface area contributed by atoms with Gasteiger partial charge in [0.1, 0.15) is 13.2 Å². The monoisotopic (exact) mass is 1110 g/mol. The molecular formula is C73H134O6. The van der Waals surface area contributed by atoms with Gasteiger partial charge in [-0.3, -0.25) is 14.4 Å². The van der Waals surface area contributed by atoms with Crippen molar-refractivity contribution < 1.29 is 28.6 Å². The van der Waals surface area contributed by atoms with Gasteiger partial charge in [-0.15, -0.1) is 0 Å². The molecule has 0 aliphatic heterocycles. The molecule has 1 atom stereocenters. The quantitative estimate of drug-likeness (QED) is 0.0261. The predicted molar refractivity (Wildman–Crippen MR) is 344 cm³/mol. The van der Waals surface area contributed by atoms with E-state index < -0.39 is 6.10 Å². The van der Waals surface area contributed by atoms with Gasteiger partial charge < -0.3 is 14.2 Å². The van der Waals surface area contributed by atoms with E-state index in [-0.39, 0.29) is 31.1 Å². The highest BCUT2D eigenvalue weighted by atomic mass is 16.6. The number of esters is 3. The molecule has 0 saturated carbocycles. The van der Waals surface area contributed by atoms with E-state index in [1.165, 1.54) is 270 Å². The average molecular weight is 1110 g/mol. The number of carbonyl (C=O) groups excluding carboxylic acids is 3. The fourth-order valence-corrected chi connectivity index (χ4v) is 10.5. The molecule has 1 unspecified atom stereocenters. The van der Waals surface area contributed by atoms with Crippen LogP contribution >= 0.6 is 0 Å². The van der Waals surface area contributed by atoms with E-state index in [9.17, 15) is 14.4 Å². The molecule has 0 amide bonds. The van der Waals surface area contributed by atoms with Gasteiger partial charge in [0, 0.05) is 19.3 Å². The summed E-state index contributed by atoms with van der Waals surface area (Å²) in [4.78, 5) is 38.4. The summed E-state index contributed by atoms with van der Waals surface area (Å²) in [6, 6.07) is 0. The van der Waals surface area contributed by atoms with Crippen LogP contribution in [0.5, 0.6) is 0 Å². The Kier molecular flexibility index (Phi) is 65.6. The van der Waals surface area contributed by atoms with Crippen LogP contribution in [-0.2, 0) is 28.6 Å². The molecule has 0 spiro atoms. The average Bonchev–Trinajstić information content (AvgIpc) is 3.45. The normalized spacial score (nSPS) is 12.3. The van der Waals surface area contributed by atoms with Crippen molar-refractivity contribution in [2.45, 2.75) is 386 Å². The second kappa shape index (κ2) is 67.9. The van der Waals surface area contributed by atoms with Gasteiger partial charge in [0.25, 0.3) is 0 Å². The Morgan fingerprint density at radius 3 is 0.722 bits per heavy atom. The Morgan fingerprint density at radius 1 is 0.253 bits per heavy atom. The summed E-state index contributed by atoms with van der Waals surface area (Å²) in [6.07, 6.45) is 85.6. The first-order valence-electron chi connectivity index (χ1n) is 35.1. The number of unbranched alkanes of at least 4 members (excludes halogenated alkanes) is 46. The summed E-state index contributed by atoms with van der Waals surface area (Å²) < 4.78 is 17.0. The fraction of sp³-hybridized carbons (Fsp3) is 0.849. The molecule has 0 saturated heterocycles. The van der Waals surface area contributed by atoms with Gasteiger partial charge in [0.2, 0.25) is 0 Å². The highest BCUT2D eigenvalue weighted by molar-refractivity contribution is 5.71. The van der Waals surface area contributed by atoms with Gasteiger partial charge >= 0.3 is 17.9 Å². The van der Waals surface area contributed by atoms with Gasteiger partial charge in [-0.1, -0.05) is 326 Å². The topological polar surface area (TPSA) is 78.9 Å². The van der Waals surface area contributed by atoms with Crippen LogP contribution in [0.3, 0.4) is 0 Å². The molecule has 0 bridgehead atoms. The summed E-state index contributed by atoms with van der Waals surface area (Å²) in [5, 5.41) is 0. The number of carbonyl (C=O) groups is 3. The van der Waals surface area contributed by atoms with Crippen LogP contribution in [0, 0.1) is 0 Å². The minimum atomic E-state index is -0.775. The van der Waals surface area contributed by atoms with E-state index in [1.807, 2.05) is 0 Å². The van der Waals surface area contributed by atoms with Crippen molar-refractivity contribution in [3.63, 3.8) is 0 Å². The molecule has 0 rings (SSSR count). The maximum Gasteiger partial charge on any atom is 0.306 e. The molecule has 0 N–H and O–H groups in total. The van der Waals surface area contributed by atoms with Crippen LogP contribution < -0.4 is 0 Å². The fourth-order valence-electron chi connectivity index (χ4n) is 10.5. The first-order chi connectivity index (χ1) is 39.0. The first-order valence-corrected chi connectivity index (χ1v) is 35.1. The third kappa shape index (κ3) is 66.1. The van der Waals surface area contributed by atoms with Crippen LogP contribution in [0.25, 0.3) is 0 Å². The Labute approximate surface area is 492 Å². The minimum Gasteiger partial charge on any atom is -0.462 e. The molecular weight excluding hydrogens is 973 g/mol. The lowest BCUT2D eigenvalue weighted by molar-refractivity contribution is -0.167. The molecule has 0 aromatic rings. The van der Waals surface area contributed by atoms with Crippen molar-refractivity contribution in [1.29, 1.82) is 0 Å². The molecule has 0 fully saturated rings. The van der Waals surface area contributed by atoms with E-state index in [0.29, 0.717) is 19.3 Å². The second-order valence-electron chi connectivity index (χ2n) is 23.8.